The summed E-state index contributed by atoms with van der Waals surface area (Å²) in [6.45, 7) is 4.05. The lowest BCUT2D eigenvalue weighted by Crippen LogP contribution is -2.30. The molecule has 1 aliphatic carbocycles. The Morgan fingerprint density at radius 1 is 1.33 bits per heavy atom. The van der Waals surface area contributed by atoms with E-state index < -0.39 is 0 Å². The Morgan fingerprint density at radius 2 is 2.17 bits per heavy atom. The van der Waals surface area contributed by atoms with Crippen molar-refractivity contribution in [2.45, 2.75) is 38.8 Å². The number of nitrogens with two attached hydrogens (primary N) is 2. The molecular weight excluding hydrogens is 382 g/mol. The molecule has 30 heavy (non-hydrogen) atoms. The number of aromatic nitrogens is 2. The summed E-state index contributed by atoms with van der Waals surface area (Å²) in [6.07, 6.45) is 1.78. The molecule has 4 rings (SSSR count). The van der Waals surface area contributed by atoms with Crippen molar-refractivity contribution in [1.29, 1.82) is 0 Å². The van der Waals surface area contributed by atoms with Gasteiger partial charge >= 0.3 is 0 Å². The van der Waals surface area contributed by atoms with Gasteiger partial charge in [0.05, 0.1) is 18.3 Å². The Hall–Kier alpha value is -3.39. The molecule has 0 bridgehead atoms. The Morgan fingerprint density at radius 3 is 2.90 bits per heavy atom. The van der Waals surface area contributed by atoms with Gasteiger partial charge in [-0.05, 0) is 56.0 Å². The number of hydrogen-bond donors (Lipinski definition) is 3. The van der Waals surface area contributed by atoms with Crippen LogP contribution in [0.1, 0.15) is 37.4 Å². The number of anilines is 1. The number of nitrogen functional groups attached to an aromatic ring is 1. The molecule has 1 atom stereocenters. The van der Waals surface area contributed by atoms with Gasteiger partial charge in [-0.25, -0.2) is 0 Å². The van der Waals surface area contributed by atoms with Crippen LogP contribution >= 0.6 is 0 Å². The Balaban J connectivity index is 1.60. The van der Waals surface area contributed by atoms with Crippen molar-refractivity contribution in [2.75, 3.05) is 12.3 Å². The fourth-order valence-corrected chi connectivity index (χ4v) is 3.79. The van der Waals surface area contributed by atoms with Gasteiger partial charge in [0.2, 0.25) is 11.7 Å². The van der Waals surface area contributed by atoms with Crippen molar-refractivity contribution in [3.05, 3.63) is 47.5 Å². The molecule has 8 nitrogen and oxygen atoms in total. The number of nitrogens with zero attached hydrogens (tertiary/aromatic N) is 2. The SMILES string of the molecule is CC(C)Oc1ccc(-c2nc(-c3cccc4c3CC[C@@H]4NCC(N)=O)no2)cc1N. The predicted molar refractivity (Wildman–Crippen MR) is 114 cm³/mol. The van der Waals surface area contributed by atoms with Gasteiger partial charge in [-0.1, -0.05) is 23.4 Å². The molecule has 1 heterocycles. The van der Waals surface area contributed by atoms with E-state index in [-0.39, 0.29) is 24.6 Å². The molecule has 1 amide bonds. The smallest absolute Gasteiger partial charge is 0.258 e. The lowest BCUT2D eigenvalue weighted by molar-refractivity contribution is -0.117. The number of carbonyl (C=O) groups is 1. The van der Waals surface area contributed by atoms with Crippen LogP contribution in [0.15, 0.2) is 40.9 Å². The van der Waals surface area contributed by atoms with Crippen LogP contribution in [0.3, 0.4) is 0 Å². The number of benzene rings is 2. The first-order chi connectivity index (χ1) is 14.4. The molecule has 0 saturated heterocycles. The summed E-state index contributed by atoms with van der Waals surface area (Å²) < 4.78 is 11.2. The monoisotopic (exact) mass is 407 g/mol. The second kappa shape index (κ2) is 8.16. The first-order valence-electron chi connectivity index (χ1n) is 9.96. The van der Waals surface area contributed by atoms with Crippen LogP contribution < -0.4 is 21.5 Å². The standard InChI is InChI=1S/C22H25N5O3/c1-12(2)29-19-9-6-13(10-17(19)23)22-26-21(27-30-22)16-5-3-4-15-14(16)7-8-18(15)25-11-20(24)28/h3-6,9-10,12,18,25H,7-8,11,23H2,1-2H3,(H2,24,28)/t18-/m0/s1. The molecule has 0 saturated carbocycles. The minimum atomic E-state index is -0.369. The number of amides is 1. The third-order valence-electron chi connectivity index (χ3n) is 5.08. The summed E-state index contributed by atoms with van der Waals surface area (Å²) in [5.41, 5.74) is 15.8. The van der Waals surface area contributed by atoms with E-state index >= 15 is 0 Å². The summed E-state index contributed by atoms with van der Waals surface area (Å²) in [5.74, 6) is 1.18. The molecule has 0 aliphatic heterocycles. The van der Waals surface area contributed by atoms with Gasteiger partial charge in [-0.15, -0.1) is 0 Å². The van der Waals surface area contributed by atoms with Crippen LogP contribution in [-0.2, 0) is 11.2 Å². The predicted octanol–water partition coefficient (Wildman–Crippen LogP) is 2.84. The van der Waals surface area contributed by atoms with Crippen molar-refractivity contribution in [3.8, 4) is 28.6 Å². The highest BCUT2D eigenvalue weighted by Gasteiger charge is 2.26. The normalized spacial score (nSPS) is 15.4. The van der Waals surface area contributed by atoms with Gasteiger partial charge in [-0.3, -0.25) is 4.79 Å². The molecule has 8 heteroatoms. The second-order valence-electron chi connectivity index (χ2n) is 7.65. The van der Waals surface area contributed by atoms with Crippen LogP contribution in [0.25, 0.3) is 22.8 Å². The van der Waals surface area contributed by atoms with Gasteiger partial charge in [-0.2, -0.15) is 4.98 Å². The van der Waals surface area contributed by atoms with Crippen molar-refractivity contribution < 1.29 is 14.1 Å². The van der Waals surface area contributed by atoms with Gasteiger partial charge in [0.1, 0.15) is 5.75 Å². The molecule has 3 aromatic rings. The van der Waals surface area contributed by atoms with Crippen LogP contribution in [-0.4, -0.2) is 28.7 Å². The number of carbonyl (C=O) groups excluding carboxylic acids is 1. The molecule has 1 aromatic heterocycles. The Labute approximate surface area is 174 Å². The van der Waals surface area contributed by atoms with Crippen molar-refractivity contribution in [2.24, 2.45) is 5.73 Å². The molecule has 0 fully saturated rings. The number of ether oxygens (including phenoxy) is 1. The minimum absolute atomic E-state index is 0.0367. The topological polar surface area (TPSA) is 129 Å². The number of hydrogen-bond acceptors (Lipinski definition) is 7. The van der Waals surface area contributed by atoms with E-state index in [9.17, 15) is 4.79 Å². The average molecular weight is 407 g/mol. The van der Waals surface area contributed by atoms with Crippen molar-refractivity contribution in [3.63, 3.8) is 0 Å². The molecule has 0 unspecified atom stereocenters. The molecule has 156 valence electrons. The summed E-state index contributed by atoms with van der Waals surface area (Å²) in [6, 6.07) is 11.5. The maximum atomic E-state index is 11.1. The van der Waals surface area contributed by atoms with E-state index in [1.165, 1.54) is 0 Å². The van der Waals surface area contributed by atoms with Crippen LogP contribution in [0.5, 0.6) is 5.75 Å². The van der Waals surface area contributed by atoms with Gasteiger partial charge in [0.25, 0.3) is 5.89 Å². The molecule has 2 aromatic carbocycles. The summed E-state index contributed by atoms with van der Waals surface area (Å²) in [5, 5.41) is 7.39. The number of fused-ring (bicyclic) bond motifs is 1. The fourth-order valence-electron chi connectivity index (χ4n) is 3.79. The van der Waals surface area contributed by atoms with Gasteiger partial charge in [0.15, 0.2) is 0 Å². The largest absolute Gasteiger partial charge is 0.489 e. The molecular formula is C22H25N5O3. The lowest BCUT2D eigenvalue weighted by atomic mass is 10.0. The van der Waals surface area contributed by atoms with E-state index in [4.69, 9.17) is 20.7 Å². The first-order valence-corrected chi connectivity index (χ1v) is 9.96. The van der Waals surface area contributed by atoms with Crippen LogP contribution in [0, 0.1) is 0 Å². The van der Waals surface area contributed by atoms with E-state index in [0.717, 1.165) is 35.1 Å². The zero-order chi connectivity index (χ0) is 21.3. The third kappa shape index (κ3) is 3.99. The van der Waals surface area contributed by atoms with Crippen molar-refractivity contribution >= 4 is 11.6 Å². The molecule has 1 aliphatic rings. The van der Waals surface area contributed by atoms with E-state index in [1.807, 2.05) is 38.1 Å². The quantitative estimate of drug-likeness (QED) is 0.514. The zero-order valence-electron chi connectivity index (χ0n) is 17.0. The number of nitrogens with one attached hydrogen (secondary N) is 1. The van der Waals surface area contributed by atoms with E-state index in [2.05, 4.69) is 21.5 Å². The Kier molecular flexibility index (Phi) is 5.41. The van der Waals surface area contributed by atoms with E-state index in [0.29, 0.717) is 23.2 Å². The highest BCUT2D eigenvalue weighted by atomic mass is 16.5. The zero-order valence-corrected chi connectivity index (χ0v) is 17.0. The molecule has 0 spiro atoms. The Bertz CT molecular complexity index is 1080. The van der Waals surface area contributed by atoms with E-state index in [1.54, 1.807) is 6.07 Å². The summed E-state index contributed by atoms with van der Waals surface area (Å²) in [4.78, 5) is 15.7. The second-order valence-corrected chi connectivity index (χ2v) is 7.65. The highest BCUT2D eigenvalue weighted by molar-refractivity contribution is 5.76. The van der Waals surface area contributed by atoms with Crippen LogP contribution in [0.2, 0.25) is 0 Å². The van der Waals surface area contributed by atoms with Crippen LogP contribution in [0.4, 0.5) is 5.69 Å². The minimum Gasteiger partial charge on any atom is -0.489 e. The van der Waals surface area contributed by atoms with Gasteiger partial charge < -0.3 is 26.0 Å². The van der Waals surface area contributed by atoms with Crippen molar-refractivity contribution in [1.82, 2.24) is 15.5 Å². The summed E-state index contributed by atoms with van der Waals surface area (Å²) >= 11 is 0. The molecule has 0 radical (unpaired) electrons. The third-order valence-corrected chi connectivity index (χ3v) is 5.08. The van der Waals surface area contributed by atoms with Gasteiger partial charge in [0, 0.05) is 17.2 Å². The number of primary amides is 1. The lowest BCUT2D eigenvalue weighted by Gasteiger charge is -2.13. The number of rotatable bonds is 7. The molecule has 5 N–H and O–H groups in total. The highest BCUT2D eigenvalue weighted by Crippen LogP contribution is 2.37. The maximum Gasteiger partial charge on any atom is 0.258 e. The average Bonchev–Trinajstić information content (AvgIpc) is 3.34. The first kappa shape index (κ1) is 19.9. The maximum absolute atomic E-state index is 11.1. The summed E-state index contributed by atoms with van der Waals surface area (Å²) in [7, 11) is 0. The fraction of sp³-hybridized carbons (Fsp3) is 0.318.